The van der Waals surface area contributed by atoms with E-state index in [9.17, 15) is 43.8 Å². The molecule has 6 heterocycles. The van der Waals surface area contributed by atoms with Gasteiger partial charge < -0.3 is 50.8 Å². The molecule has 8 rings (SSSR count). The third-order valence-corrected chi connectivity index (χ3v) is 12.2. The van der Waals surface area contributed by atoms with Gasteiger partial charge in [0.25, 0.3) is 0 Å². The number of rotatable bonds is 14. The molecule has 10 atom stereocenters. The summed E-state index contributed by atoms with van der Waals surface area (Å²) in [5.74, 6) is -1.27. The maximum absolute atomic E-state index is 13.4. The molecule has 0 aliphatic carbocycles. The first kappa shape index (κ1) is 42.0. The van der Waals surface area contributed by atoms with E-state index in [2.05, 4.69) is 34.2 Å². The summed E-state index contributed by atoms with van der Waals surface area (Å²) in [4.78, 5) is 71.3. The van der Waals surface area contributed by atoms with E-state index in [1.165, 1.54) is 46.1 Å². The van der Waals surface area contributed by atoms with Crippen LogP contribution in [0.25, 0.3) is 22.3 Å². The van der Waals surface area contributed by atoms with Crippen LogP contribution < -0.4 is 11.5 Å². The number of hydrogen-bond acceptors (Lipinski definition) is 21. The van der Waals surface area contributed by atoms with Crippen LogP contribution in [0.1, 0.15) is 38.7 Å². The number of nitrogen functional groups attached to an aromatic ring is 2. The molecule has 2 aromatic carbocycles. The van der Waals surface area contributed by atoms with Gasteiger partial charge in [-0.1, -0.05) is 42.5 Å². The minimum absolute atomic E-state index is 0.000177. The second-order valence-corrected chi connectivity index (χ2v) is 16.6. The summed E-state index contributed by atoms with van der Waals surface area (Å²) in [6.45, 7) is -1.95. The van der Waals surface area contributed by atoms with Crippen LogP contribution in [0, 0.1) is 0 Å². The maximum Gasteiger partial charge on any atom is 0.481 e. The molecule has 0 saturated carbocycles. The second-order valence-electron chi connectivity index (χ2n) is 13.5. The molecule has 0 amide bonds. The van der Waals surface area contributed by atoms with Crippen molar-refractivity contribution in [2.24, 2.45) is 0 Å². The fraction of sp³-hybridized carbons (Fsp3) is 0.294. The van der Waals surface area contributed by atoms with Crippen LogP contribution in [0.4, 0.5) is 11.6 Å². The van der Waals surface area contributed by atoms with Crippen molar-refractivity contribution in [1.29, 1.82) is 0 Å². The van der Waals surface area contributed by atoms with Gasteiger partial charge in [0.05, 0.1) is 31.4 Å². The molecule has 2 saturated heterocycles. The minimum atomic E-state index is -5.56. The van der Waals surface area contributed by atoms with Gasteiger partial charge in [-0.2, -0.15) is 4.31 Å². The van der Waals surface area contributed by atoms with Crippen LogP contribution in [0.2, 0.25) is 0 Å². The number of aliphatic hydroxyl groups excluding tert-OH is 3. The third kappa shape index (κ3) is 8.50. The van der Waals surface area contributed by atoms with E-state index in [0.29, 0.717) is 5.56 Å². The second kappa shape index (κ2) is 16.7. The highest BCUT2D eigenvalue weighted by Crippen LogP contribution is 2.61. The summed E-state index contributed by atoms with van der Waals surface area (Å²) < 4.78 is 59.9. The number of hydrogen-bond donors (Lipinski definition) is 7. The van der Waals surface area contributed by atoms with Gasteiger partial charge in [-0.05, 0) is 12.1 Å². The lowest BCUT2D eigenvalue weighted by atomic mass is 10.0. The highest BCUT2D eigenvalue weighted by atomic mass is 31.3. The highest BCUT2D eigenvalue weighted by Gasteiger charge is 2.50. The fourth-order valence-electron chi connectivity index (χ4n) is 6.66. The molecule has 2 unspecified atom stereocenters. The first-order valence-electron chi connectivity index (χ1n) is 17.9. The number of carbonyl (C=O) groups is 2. The number of ketones is 1. The van der Waals surface area contributed by atoms with Gasteiger partial charge in [0.2, 0.25) is 0 Å². The Labute approximate surface area is 341 Å². The molecule has 0 spiro atoms. The summed E-state index contributed by atoms with van der Waals surface area (Å²) in [7, 11) is -11.1. The van der Waals surface area contributed by atoms with Crippen LogP contribution in [0.3, 0.4) is 0 Å². The number of anilines is 2. The maximum atomic E-state index is 13.4. The SMILES string of the molecule is Nc1ncnc2c1ncn2[C@@H]1O[C@H](COP(=O)(O)OP(=O)(O)OC[C@H]2O[C@@H](n3cnc4c(N)ncnc43)[C@H](O)[C@@H]2OC(=O)c2ccc(C(=O)c3ccccc3)cc2)[C@@H](O)[C@H]1O. The Balaban J connectivity index is 0.941. The monoisotopic (exact) mass is 884 g/mol. The first-order chi connectivity index (χ1) is 29.1. The quantitative estimate of drug-likeness (QED) is 0.0442. The first-order valence-corrected chi connectivity index (χ1v) is 20.9. The molecule has 61 heavy (non-hydrogen) atoms. The zero-order valence-corrected chi connectivity index (χ0v) is 32.8. The predicted octanol–water partition coefficient (Wildman–Crippen LogP) is 0.415. The molecule has 4 aromatic heterocycles. The summed E-state index contributed by atoms with van der Waals surface area (Å²) in [6, 6.07) is 13.9. The van der Waals surface area contributed by atoms with Gasteiger partial charge in [-0.3, -0.25) is 23.0 Å². The third-order valence-electron chi connectivity index (χ3n) is 9.64. The van der Waals surface area contributed by atoms with Gasteiger partial charge in [0.15, 0.2) is 47.3 Å². The Bertz CT molecular complexity index is 2690. The van der Waals surface area contributed by atoms with Gasteiger partial charge in [-0.15, -0.1) is 0 Å². The highest BCUT2D eigenvalue weighted by molar-refractivity contribution is 7.61. The zero-order chi connectivity index (χ0) is 43.2. The molecule has 27 heteroatoms. The lowest BCUT2D eigenvalue weighted by molar-refractivity contribution is -0.0541. The van der Waals surface area contributed by atoms with Crippen molar-refractivity contribution in [2.45, 2.75) is 49.1 Å². The van der Waals surface area contributed by atoms with E-state index in [-0.39, 0.29) is 50.9 Å². The molecular weight excluding hydrogens is 850 g/mol. The van der Waals surface area contributed by atoms with Crippen LogP contribution in [0.15, 0.2) is 79.9 Å². The van der Waals surface area contributed by atoms with Gasteiger partial charge in [-0.25, -0.2) is 43.8 Å². The number of phosphoric ester groups is 2. The van der Waals surface area contributed by atoms with Crippen LogP contribution in [-0.4, -0.2) is 126 Å². The van der Waals surface area contributed by atoms with Crippen LogP contribution in [-0.2, 0) is 36.7 Å². The molecule has 2 aliphatic heterocycles. The Morgan fingerprint density at radius 3 is 1.72 bits per heavy atom. The molecule has 0 bridgehead atoms. The molecule has 320 valence electrons. The molecule has 6 aromatic rings. The molecular formula is C34H34N10O15P2. The number of esters is 1. The largest absolute Gasteiger partial charge is 0.481 e. The van der Waals surface area contributed by atoms with Crippen molar-refractivity contribution in [1.82, 2.24) is 39.0 Å². The number of aromatic nitrogens is 8. The van der Waals surface area contributed by atoms with Crippen molar-refractivity contribution < 1.29 is 71.4 Å². The smallest absolute Gasteiger partial charge is 0.453 e. The number of benzene rings is 2. The van der Waals surface area contributed by atoms with Crippen molar-refractivity contribution in [3.63, 3.8) is 0 Å². The summed E-state index contributed by atoms with van der Waals surface area (Å²) >= 11 is 0. The predicted molar refractivity (Wildman–Crippen MR) is 203 cm³/mol. The van der Waals surface area contributed by atoms with Gasteiger partial charge in [0.1, 0.15) is 54.2 Å². The Kier molecular flexibility index (Phi) is 11.5. The number of ether oxygens (including phenoxy) is 3. The van der Waals surface area contributed by atoms with Gasteiger partial charge in [0, 0.05) is 11.1 Å². The van der Waals surface area contributed by atoms with E-state index in [4.69, 9.17) is 34.7 Å². The topological polar surface area (TPSA) is 364 Å². The van der Waals surface area contributed by atoms with E-state index in [0.717, 1.165) is 12.7 Å². The number of phosphoric acid groups is 2. The minimum Gasteiger partial charge on any atom is -0.453 e. The number of nitrogens with zero attached hydrogens (tertiary/aromatic N) is 8. The normalized spacial score (nSPS) is 26.0. The Hall–Kier alpha value is -5.66. The molecule has 25 nitrogen and oxygen atoms in total. The number of aliphatic hydroxyl groups is 3. The zero-order valence-electron chi connectivity index (χ0n) is 31.0. The van der Waals surface area contributed by atoms with Crippen molar-refractivity contribution >= 4 is 61.4 Å². The van der Waals surface area contributed by atoms with Crippen molar-refractivity contribution in [2.75, 3.05) is 24.7 Å². The summed E-state index contributed by atoms with van der Waals surface area (Å²) in [5, 5.41) is 32.8. The molecule has 2 fully saturated rings. The average molecular weight is 885 g/mol. The lowest BCUT2D eigenvalue weighted by Gasteiger charge is -2.22. The Morgan fingerprint density at radius 2 is 1.15 bits per heavy atom. The van der Waals surface area contributed by atoms with E-state index < -0.39 is 83.9 Å². The molecule has 0 radical (unpaired) electrons. The van der Waals surface area contributed by atoms with Crippen LogP contribution in [0.5, 0.6) is 0 Å². The standard InChI is InChI=1S/C34H34N10O15P2/c35-28-21-30(39-12-37-28)43(14-41-21)32-25(47)24(46)19(56-32)10-54-60(50,51)59-61(52,53)55-11-20-27(26(48)33(57-20)44-15-42-22-29(36)38-13-40-31(22)44)58-34(49)18-8-6-17(7-9-18)23(45)16-4-2-1-3-5-16/h1-9,12-15,19-20,24-27,32-33,46-48H,10-11H2,(H,50,51)(H,52,53)(H2,35,37,39)(H2,36,38,40)/t19-,20-,24-,25-,26-,27-,32-,33-/m1/s1. The van der Waals surface area contributed by atoms with E-state index in [1.54, 1.807) is 30.3 Å². The molecule has 9 N–H and O–H groups in total. The molecule has 2 aliphatic rings. The van der Waals surface area contributed by atoms with Crippen LogP contribution >= 0.6 is 15.6 Å². The van der Waals surface area contributed by atoms with E-state index in [1.807, 2.05) is 0 Å². The van der Waals surface area contributed by atoms with E-state index >= 15 is 0 Å². The van der Waals surface area contributed by atoms with Gasteiger partial charge >= 0.3 is 21.6 Å². The average Bonchev–Trinajstić information content (AvgIpc) is 4.01. The van der Waals surface area contributed by atoms with Crippen molar-refractivity contribution in [3.05, 3.63) is 96.6 Å². The number of imidazole rings is 2. The Morgan fingerprint density at radius 1 is 0.656 bits per heavy atom. The lowest BCUT2D eigenvalue weighted by Crippen LogP contribution is -2.38. The number of nitrogens with two attached hydrogens (primary N) is 2. The number of fused-ring (bicyclic) bond motifs is 2. The number of carbonyl (C=O) groups excluding carboxylic acids is 2. The summed E-state index contributed by atoms with van der Waals surface area (Å²) in [5.41, 5.74) is 12.9. The fourth-order valence-corrected chi connectivity index (χ4v) is 8.75. The van der Waals surface area contributed by atoms with Crippen molar-refractivity contribution in [3.8, 4) is 0 Å². The summed E-state index contributed by atoms with van der Waals surface area (Å²) in [6.07, 6.45) is -7.81.